The van der Waals surface area contributed by atoms with Gasteiger partial charge in [0.1, 0.15) is 17.3 Å². The molecule has 1 amide bonds. The number of ether oxygens (including phenoxy) is 2. The molecule has 0 saturated heterocycles. The summed E-state index contributed by atoms with van der Waals surface area (Å²) in [5.74, 6) is -0.939. The lowest BCUT2D eigenvalue weighted by Gasteiger charge is -2.27. The van der Waals surface area contributed by atoms with Crippen molar-refractivity contribution in [3.8, 4) is 11.5 Å². The van der Waals surface area contributed by atoms with Crippen LogP contribution in [0.25, 0.3) is 0 Å². The van der Waals surface area contributed by atoms with Gasteiger partial charge in [0.05, 0.1) is 6.04 Å². The second-order valence-electron chi connectivity index (χ2n) is 6.51. The Morgan fingerprint density at radius 2 is 1.63 bits per heavy atom. The third kappa shape index (κ3) is 5.99. The highest BCUT2D eigenvalue weighted by Gasteiger charge is 2.31. The zero-order valence-corrected chi connectivity index (χ0v) is 15.4. The molecule has 0 aliphatic heterocycles. The lowest BCUT2D eigenvalue weighted by Crippen LogP contribution is -2.47. The molecule has 7 heteroatoms. The Kier molecular flexibility index (Phi) is 6.39. The van der Waals surface area contributed by atoms with Crippen molar-refractivity contribution in [3.05, 3.63) is 59.9 Å². The van der Waals surface area contributed by atoms with Gasteiger partial charge in [0, 0.05) is 0 Å². The van der Waals surface area contributed by atoms with Crippen molar-refractivity contribution >= 4 is 11.9 Å². The largest absolute Gasteiger partial charge is 0.482 e. The Morgan fingerprint density at radius 1 is 1.07 bits per heavy atom. The van der Waals surface area contributed by atoms with Crippen LogP contribution in [0.4, 0.5) is 4.39 Å². The zero-order chi connectivity index (χ0) is 20.0. The summed E-state index contributed by atoms with van der Waals surface area (Å²) < 4.78 is 23.7. The number of amides is 1. The van der Waals surface area contributed by atoms with E-state index in [1.807, 2.05) is 6.92 Å². The van der Waals surface area contributed by atoms with Crippen LogP contribution >= 0.6 is 0 Å². The summed E-state index contributed by atoms with van der Waals surface area (Å²) >= 11 is 0. The number of carbonyl (C=O) groups is 2. The SMILES string of the molecule is CC(NC(=O)C(C)(C)Oc1ccc(F)cc1)c1ccc(OCC(=O)O)cc1. The summed E-state index contributed by atoms with van der Waals surface area (Å²) in [6.07, 6.45) is 0. The Morgan fingerprint density at radius 3 is 2.19 bits per heavy atom. The van der Waals surface area contributed by atoms with Gasteiger partial charge in [-0.15, -0.1) is 0 Å². The van der Waals surface area contributed by atoms with Gasteiger partial charge in [-0.1, -0.05) is 12.1 Å². The summed E-state index contributed by atoms with van der Waals surface area (Å²) in [7, 11) is 0. The molecule has 144 valence electrons. The zero-order valence-electron chi connectivity index (χ0n) is 15.4. The average Bonchev–Trinajstić information content (AvgIpc) is 2.62. The van der Waals surface area contributed by atoms with Gasteiger partial charge in [0.15, 0.2) is 12.2 Å². The first kappa shape index (κ1) is 20.2. The van der Waals surface area contributed by atoms with Gasteiger partial charge in [0.25, 0.3) is 5.91 Å². The Labute approximate surface area is 156 Å². The van der Waals surface area contributed by atoms with Crippen LogP contribution < -0.4 is 14.8 Å². The van der Waals surface area contributed by atoms with Crippen molar-refractivity contribution in [2.45, 2.75) is 32.4 Å². The molecule has 0 aliphatic rings. The first-order chi connectivity index (χ1) is 12.7. The van der Waals surface area contributed by atoms with Crippen LogP contribution in [0.5, 0.6) is 11.5 Å². The molecule has 0 fully saturated rings. The number of hydrogen-bond donors (Lipinski definition) is 2. The Hall–Kier alpha value is -3.09. The number of carbonyl (C=O) groups excluding carboxylic acids is 1. The maximum Gasteiger partial charge on any atom is 0.341 e. The number of halogens is 1. The standard InChI is InChI=1S/C20H22FNO5/c1-13(14-4-8-16(9-5-14)26-12-18(23)24)22-19(25)20(2,3)27-17-10-6-15(21)7-11-17/h4-11,13H,12H2,1-3H3,(H,22,25)(H,23,24). The summed E-state index contributed by atoms with van der Waals surface area (Å²) in [6.45, 7) is 4.65. The summed E-state index contributed by atoms with van der Waals surface area (Å²) in [5.41, 5.74) is -0.333. The first-order valence-corrected chi connectivity index (χ1v) is 8.37. The molecule has 6 nitrogen and oxygen atoms in total. The molecule has 27 heavy (non-hydrogen) atoms. The van der Waals surface area contributed by atoms with E-state index in [9.17, 15) is 14.0 Å². The Bertz CT molecular complexity index is 787. The van der Waals surface area contributed by atoms with Gasteiger partial charge < -0.3 is 19.9 Å². The molecule has 2 aromatic rings. The van der Waals surface area contributed by atoms with Crippen molar-refractivity contribution in [2.75, 3.05) is 6.61 Å². The van der Waals surface area contributed by atoms with Gasteiger partial charge in [-0.25, -0.2) is 9.18 Å². The van der Waals surface area contributed by atoms with E-state index >= 15 is 0 Å². The van der Waals surface area contributed by atoms with Crippen molar-refractivity contribution < 1.29 is 28.6 Å². The predicted octanol–water partition coefficient (Wildman–Crippen LogP) is 3.32. The van der Waals surface area contributed by atoms with Crippen LogP contribution in [0.1, 0.15) is 32.4 Å². The lowest BCUT2D eigenvalue weighted by molar-refractivity contribution is -0.139. The maximum atomic E-state index is 13.0. The highest BCUT2D eigenvalue weighted by Crippen LogP contribution is 2.22. The van der Waals surface area contributed by atoms with E-state index in [4.69, 9.17) is 14.6 Å². The molecule has 0 heterocycles. The van der Waals surface area contributed by atoms with Crippen LogP contribution in [-0.4, -0.2) is 29.2 Å². The second kappa shape index (κ2) is 8.53. The van der Waals surface area contributed by atoms with E-state index in [1.54, 1.807) is 38.1 Å². The third-order valence-electron chi connectivity index (χ3n) is 3.82. The molecule has 0 aliphatic carbocycles. The van der Waals surface area contributed by atoms with E-state index in [0.29, 0.717) is 11.5 Å². The topological polar surface area (TPSA) is 84.9 Å². The van der Waals surface area contributed by atoms with Crippen LogP contribution in [-0.2, 0) is 9.59 Å². The minimum absolute atomic E-state index is 0.304. The molecule has 0 spiro atoms. The molecule has 2 aromatic carbocycles. The lowest BCUT2D eigenvalue weighted by atomic mass is 10.0. The third-order valence-corrected chi connectivity index (χ3v) is 3.82. The smallest absolute Gasteiger partial charge is 0.341 e. The van der Waals surface area contributed by atoms with E-state index in [2.05, 4.69) is 5.32 Å². The van der Waals surface area contributed by atoms with Crippen LogP contribution in [0, 0.1) is 5.82 Å². The van der Waals surface area contributed by atoms with Crippen molar-refractivity contribution in [1.29, 1.82) is 0 Å². The number of rotatable bonds is 8. The quantitative estimate of drug-likeness (QED) is 0.739. The van der Waals surface area contributed by atoms with Gasteiger partial charge in [0.2, 0.25) is 0 Å². The molecule has 0 aromatic heterocycles. The van der Waals surface area contributed by atoms with Crippen LogP contribution in [0.15, 0.2) is 48.5 Å². The highest BCUT2D eigenvalue weighted by atomic mass is 19.1. The minimum Gasteiger partial charge on any atom is -0.482 e. The summed E-state index contributed by atoms with van der Waals surface area (Å²) in [6, 6.07) is 11.9. The fourth-order valence-corrected chi connectivity index (χ4v) is 2.30. The molecule has 1 atom stereocenters. The van der Waals surface area contributed by atoms with Gasteiger partial charge in [-0.05, 0) is 62.7 Å². The molecule has 2 N–H and O–H groups in total. The summed E-state index contributed by atoms with van der Waals surface area (Å²) in [5, 5.41) is 11.5. The molecule has 0 bridgehead atoms. The summed E-state index contributed by atoms with van der Waals surface area (Å²) in [4.78, 5) is 23.1. The molecular formula is C20H22FNO5. The van der Waals surface area contributed by atoms with E-state index in [0.717, 1.165) is 5.56 Å². The van der Waals surface area contributed by atoms with Crippen molar-refractivity contribution in [3.63, 3.8) is 0 Å². The normalized spacial score (nSPS) is 12.1. The number of nitrogens with one attached hydrogen (secondary N) is 1. The minimum atomic E-state index is -1.16. The van der Waals surface area contributed by atoms with Crippen molar-refractivity contribution in [1.82, 2.24) is 5.32 Å². The predicted molar refractivity (Wildman–Crippen MR) is 97.2 cm³/mol. The van der Waals surface area contributed by atoms with E-state index in [1.165, 1.54) is 24.3 Å². The van der Waals surface area contributed by atoms with Gasteiger partial charge in [-0.3, -0.25) is 4.79 Å². The molecule has 2 rings (SSSR count). The second-order valence-corrected chi connectivity index (χ2v) is 6.51. The average molecular weight is 375 g/mol. The molecule has 0 saturated carbocycles. The number of aliphatic carboxylic acids is 1. The molecule has 0 radical (unpaired) electrons. The first-order valence-electron chi connectivity index (χ1n) is 8.37. The fourth-order valence-electron chi connectivity index (χ4n) is 2.30. The van der Waals surface area contributed by atoms with Crippen LogP contribution in [0.2, 0.25) is 0 Å². The fraction of sp³-hybridized carbons (Fsp3) is 0.300. The van der Waals surface area contributed by atoms with Crippen LogP contribution in [0.3, 0.4) is 0 Å². The molecule has 1 unspecified atom stereocenters. The van der Waals surface area contributed by atoms with Gasteiger partial charge >= 0.3 is 5.97 Å². The monoisotopic (exact) mass is 375 g/mol. The maximum absolute atomic E-state index is 13.0. The number of carboxylic acids is 1. The van der Waals surface area contributed by atoms with Gasteiger partial charge in [-0.2, -0.15) is 0 Å². The Balaban J connectivity index is 1.96. The number of benzene rings is 2. The van der Waals surface area contributed by atoms with E-state index in [-0.39, 0.29) is 17.8 Å². The van der Waals surface area contributed by atoms with Crippen molar-refractivity contribution in [2.24, 2.45) is 0 Å². The molecular weight excluding hydrogens is 353 g/mol. The number of carboxylic acid groups (broad SMARTS) is 1. The van der Waals surface area contributed by atoms with E-state index < -0.39 is 18.2 Å². The number of hydrogen-bond acceptors (Lipinski definition) is 4. The highest BCUT2D eigenvalue weighted by molar-refractivity contribution is 5.85.